The molecular formula is C16H24FN. The Morgan fingerprint density at radius 2 is 2.00 bits per heavy atom. The van der Waals surface area contributed by atoms with Gasteiger partial charge in [-0.05, 0) is 48.8 Å². The van der Waals surface area contributed by atoms with Crippen molar-refractivity contribution in [2.24, 2.45) is 11.3 Å². The number of rotatable bonds is 6. The summed E-state index contributed by atoms with van der Waals surface area (Å²) in [4.78, 5) is 0. The van der Waals surface area contributed by atoms with Crippen LogP contribution in [0.3, 0.4) is 0 Å². The van der Waals surface area contributed by atoms with E-state index in [1.54, 1.807) is 12.1 Å². The molecule has 0 saturated heterocycles. The van der Waals surface area contributed by atoms with E-state index in [1.807, 2.05) is 12.1 Å². The van der Waals surface area contributed by atoms with Crippen molar-refractivity contribution in [2.75, 3.05) is 13.1 Å². The number of hydrogen-bond acceptors (Lipinski definition) is 1. The van der Waals surface area contributed by atoms with E-state index in [2.05, 4.69) is 19.2 Å². The highest BCUT2D eigenvalue weighted by molar-refractivity contribution is 5.20. The maximum atomic E-state index is 13.7. The Hall–Kier alpha value is -0.890. The van der Waals surface area contributed by atoms with E-state index in [1.165, 1.54) is 19.3 Å². The molecule has 0 radical (unpaired) electrons. The first-order chi connectivity index (χ1) is 8.61. The van der Waals surface area contributed by atoms with Gasteiger partial charge in [-0.25, -0.2) is 4.39 Å². The van der Waals surface area contributed by atoms with Gasteiger partial charge in [-0.15, -0.1) is 0 Å². The standard InChI is InChI=1S/C16H24FN/c1-13(2)11-18-12-16(8-5-9-16)10-14-6-3-4-7-15(14)17/h3-4,6-7,13,18H,5,8-12H2,1-2H3. The normalized spacial score (nSPS) is 17.8. The van der Waals surface area contributed by atoms with Gasteiger partial charge in [-0.2, -0.15) is 0 Å². The van der Waals surface area contributed by atoms with Gasteiger partial charge in [-0.1, -0.05) is 38.5 Å². The number of benzene rings is 1. The fraction of sp³-hybridized carbons (Fsp3) is 0.625. The number of halogens is 1. The van der Waals surface area contributed by atoms with Gasteiger partial charge in [0, 0.05) is 6.54 Å². The van der Waals surface area contributed by atoms with E-state index < -0.39 is 0 Å². The van der Waals surface area contributed by atoms with Crippen LogP contribution < -0.4 is 5.32 Å². The Balaban J connectivity index is 1.94. The molecule has 1 aromatic rings. The minimum atomic E-state index is -0.0485. The van der Waals surface area contributed by atoms with Crippen LogP contribution >= 0.6 is 0 Å². The molecule has 1 fully saturated rings. The lowest BCUT2D eigenvalue weighted by molar-refractivity contribution is 0.127. The van der Waals surface area contributed by atoms with E-state index in [0.29, 0.717) is 11.3 Å². The van der Waals surface area contributed by atoms with Gasteiger partial charge >= 0.3 is 0 Å². The van der Waals surface area contributed by atoms with Crippen LogP contribution in [0.25, 0.3) is 0 Å². The summed E-state index contributed by atoms with van der Waals surface area (Å²) in [7, 11) is 0. The van der Waals surface area contributed by atoms with Gasteiger partial charge < -0.3 is 5.32 Å². The molecule has 2 heteroatoms. The van der Waals surface area contributed by atoms with Gasteiger partial charge in [0.15, 0.2) is 0 Å². The number of hydrogen-bond donors (Lipinski definition) is 1. The Bertz CT molecular complexity index is 382. The van der Waals surface area contributed by atoms with Crippen LogP contribution in [0.1, 0.15) is 38.7 Å². The first kappa shape index (κ1) is 13.5. The monoisotopic (exact) mass is 249 g/mol. The largest absolute Gasteiger partial charge is 0.316 e. The van der Waals surface area contributed by atoms with Crippen molar-refractivity contribution < 1.29 is 4.39 Å². The highest BCUT2D eigenvalue weighted by Crippen LogP contribution is 2.43. The average molecular weight is 249 g/mol. The minimum absolute atomic E-state index is 0.0485. The average Bonchev–Trinajstić information content (AvgIpc) is 2.28. The summed E-state index contributed by atoms with van der Waals surface area (Å²) in [5, 5.41) is 3.54. The zero-order valence-electron chi connectivity index (χ0n) is 11.5. The van der Waals surface area contributed by atoms with Crippen molar-refractivity contribution in [3.63, 3.8) is 0 Å². The van der Waals surface area contributed by atoms with Gasteiger partial charge in [0.2, 0.25) is 0 Å². The quantitative estimate of drug-likeness (QED) is 0.809. The number of nitrogens with one attached hydrogen (secondary N) is 1. The van der Waals surface area contributed by atoms with Crippen LogP contribution in [0.5, 0.6) is 0 Å². The van der Waals surface area contributed by atoms with Crippen LogP contribution in [-0.4, -0.2) is 13.1 Å². The second-order valence-corrected chi connectivity index (χ2v) is 6.15. The summed E-state index contributed by atoms with van der Waals surface area (Å²) < 4.78 is 13.7. The maximum absolute atomic E-state index is 13.7. The molecule has 0 amide bonds. The summed E-state index contributed by atoms with van der Waals surface area (Å²) in [5.74, 6) is 0.628. The topological polar surface area (TPSA) is 12.0 Å². The fourth-order valence-electron chi connectivity index (χ4n) is 2.76. The molecule has 0 aromatic heterocycles. The first-order valence-electron chi connectivity index (χ1n) is 7.05. The zero-order chi connectivity index (χ0) is 13.0. The maximum Gasteiger partial charge on any atom is 0.126 e. The molecule has 0 unspecified atom stereocenters. The summed E-state index contributed by atoms with van der Waals surface area (Å²) in [6, 6.07) is 7.21. The van der Waals surface area contributed by atoms with E-state index in [9.17, 15) is 4.39 Å². The molecule has 1 aliphatic carbocycles. The van der Waals surface area contributed by atoms with E-state index in [4.69, 9.17) is 0 Å². The molecule has 0 aliphatic heterocycles. The van der Waals surface area contributed by atoms with Crippen molar-refractivity contribution in [2.45, 2.75) is 39.5 Å². The summed E-state index contributed by atoms with van der Waals surface area (Å²) in [6.07, 6.45) is 4.63. The molecule has 1 aromatic carbocycles. The molecule has 0 bridgehead atoms. The van der Waals surface area contributed by atoms with Crippen molar-refractivity contribution in [1.82, 2.24) is 5.32 Å². The van der Waals surface area contributed by atoms with Crippen LogP contribution in [0.4, 0.5) is 4.39 Å². The van der Waals surface area contributed by atoms with E-state index >= 15 is 0 Å². The molecular weight excluding hydrogens is 225 g/mol. The molecule has 0 spiro atoms. The molecule has 18 heavy (non-hydrogen) atoms. The van der Waals surface area contributed by atoms with Crippen LogP contribution in [-0.2, 0) is 6.42 Å². The smallest absolute Gasteiger partial charge is 0.126 e. The van der Waals surface area contributed by atoms with E-state index in [-0.39, 0.29) is 5.82 Å². The third kappa shape index (κ3) is 3.32. The lowest BCUT2D eigenvalue weighted by Crippen LogP contribution is -2.42. The molecule has 1 aliphatic rings. The summed E-state index contributed by atoms with van der Waals surface area (Å²) in [5.41, 5.74) is 1.18. The second-order valence-electron chi connectivity index (χ2n) is 6.15. The SMILES string of the molecule is CC(C)CNCC1(Cc2ccccc2F)CCC1. The van der Waals surface area contributed by atoms with Gasteiger partial charge in [0.1, 0.15) is 5.82 Å². The van der Waals surface area contributed by atoms with Crippen molar-refractivity contribution in [3.8, 4) is 0 Å². The summed E-state index contributed by atoms with van der Waals surface area (Å²) in [6.45, 7) is 6.52. The van der Waals surface area contributed by atoms with Crippen molar-refractivity contribution in [3.05, 3.63) is 35.6 Å². The van der Waals surface area contributed by atoms with Gasteiger partial charge in [0.25, 0.3) is 0 Å². The Labute approximate surface area is 110 Å². The first-order valence-corrected chi connectivity index (χ1v) is 7.05. The molecule has 1 N–H and O–H groups in total. The highest BCUT2D eigenvalue weighted by Gasteiger charge is 2.37. The van der Waals surface area contributed by atoms with Crippen LogP contribution in [0.2, 0.25) is 0 Å². The molecule has 1 nitrogen and oxygen atoms in total. The lowest BCUT2D eigenvalue weighted by atomic mass is 9.65. The third-order valence-corrected chi connectivity index (χ3v) is 3.99. The molecule has 1 saturated carbocycles. The molecule has 100 valence electrons. The molecule has 0 heterocycles. The Kier molecular flexibility index (Phi) is 4.39. The summed E-state index contributed by atoms with van der Waals surface area (Å²) >= 11 is 0. The Morgan fingerprint density at radius 1 is 1.28 bits per heavy atom. The Morgan fingerprint density at radius 3 is 2.56 bits per heavy atom. The van der Waals surface area contributed by atoms with Crippen LogP contribution in [0.15, 0.2) is 24.3 Å². The predicted octanol–water partition coefficient (Wildman–Crippen LogP) is 3.78. The molecule has 0 atom stereocenters. The minimum Gasteiger partial charge on any atom is -0.316 e. The molecule has 2 rings (SSSR count). The fourth-order valence-corrected chi connectivity index (χ4v) is 2.76. The van der Waals surface area contributed by atoms with Gasteiger partial charge in [0.05, 0.1) is 0 Å². The van der Waals surface area contributed by atoms with Crippen LogP contribution in [0, 0.1) is 17.2 Å². The van der Waals surface area contributed by atoms with E-state index in [0.717, 1.165) is 25.1 Å². The highest BCUT2D eigenvalue weighted by atomic mass is 19.1. The predicted molar refractivity (Wildman–Crippen MR) is 74.1 cm³/mol. The van der Waals surface area contributed by atoms with Gasteiger partial charge in [-0.3, -0.25) is 0 Å². The van der Waals surface area contributed by atoms with Crippen molar-refractivity contribution >= 4 is 0 Å². The second kappa shape index (κ2) is 5.83. The van der Waals surface area contributed by atoms with Crippen molar-refractivity contribution in [1.29, 1.82) is 0 Å². The lowest BCUT2D eigenvalue weighted by Gasteiger charge is -2.42. The zero-order valence-corrected chi connectivity index (χ0v) is 11.5. The third-order valence-electron chi connectivity index (χ3n) is 3.99.